The average Bonchev–Trinajstić information content (AvgIpc) is 3.74. The molecule has 7 N–H and O–H groups in total. The number of hydrogen-bond acceptors (Lipinski definition) is 10. The van der Waals surface area contributed by atoms with E-state index in [2.05, 4.69) is 56.3 Å². The molecule has 0 bridgehead atoms. The zero-order chi connectivity index (χ0) is 35.4. The minimum Gasteiger partial charge on any atom is -0.384 e. The van der Waals surface area contributed by atoms with Crippen molar-refractivity contribution in [3.05, 3.63) is 149 Å². The lowest BCUT2D eigenvalue weighted by Crippen LogP contribution is -2.02. The molecule has 4 heterocycles. The number of nitrogens with one attached hydrogen (secondary N) is 5. The molecule has 0 fully saturated rings. The van der Waals surface area contributed by atoms with Crippen molar-refractivity contribution in [2.24, 2.45) is 0 Å². The summed E-state index contributed by atoms with van der Waals surface area (Å²) in [4.78, 5) is 17.7. The highest BCUT2D eigenvalue weighted by atomic mass is 19.1. The molecule has 7 rings (SSSR count). The molecule has 0 unspecified atom stereocenters. The molecular formula is C38H35FN12. The van der Waals surface area contributed by atoms with Crippen molar-refractivity contribution < 1.29 is 4.39 Å². The Morgan fingerprint density at radius 2 is 1.00 bits per heavy atom. The molecule has 0 saturated carbocycles. The maximum absolute atomic E-state index is 13.2. The Bertz CT molecular complexity index is 2230. The van der Waals surface area contributed by atoms with Crippen LogP contribution in [-0.4, -0.2) is 40.3 Å². The van der Waals surface area contributed by atoms with E-state index in [0.717, 1.165) is 28.2 Å². The lowest BCUT2D eigenvalue weighted by molar-refractivity contribution is 0.628. The van der Waals surface area contributed by atoms with Gasteiger partial charge < -0.3 is 21.7 Å². The van der Waals surface area contributed by atoms with Crippen LogP contribution in [0.5, 0.6) is 0 Å². The molecule has 0 amide bonds. The van der Waals surface area contributed by atoms with Crippen LogP contribution in [0.1, 0.15) is 34.2 Å². The van der Waals surface area contributed by atoms with Crippen molar-refractivity contribution in [3.8, 4) is 0 Å². The minimum atomic E-state index is -0.291. The number of H-pyrrole nitrogens is 2. The summed E-state index contributed by atoms with van der Waals surface area (Å²) in [5.41, 5.74) is 10.6. The van der Waals surface area contributed by atoms with Crippen LogP contribution < -0.4 is 21.7 Å². The van der Waals surface area contributed by atoms with Gasteiger partial charge in [0.25, 0.3) is 0 Å². The van der Waals surface area contributed by atoms with Crippen molar-refractivity contribution in [3.63, 3.8) is 0 Å². The van der Waals surface area contributed by atoms with E-state index in [1.165, 1.54) is 12.1 Å². The van der Waals surface area contributed by atoms with E-state index in [1.807, 2.05) is 111 Å². The van der Waals surface area contributed by atoms with Gasteiger partial charge in [-0.1, -0.05) is 72.8 Å². The van der Waals surface area contributed by atoms with E-state index < -0.39 is 0 Å². The lowest BCUT2D eigenvalue weighted by atomic mass is 10.2. The van der Waals surface area contributed by atoms with Crippen LogP contribution in [0.4, 0.5) is 45.0 Å². The quantitative estimate of drug-likeness (QED) is 0.0827. The first-order valence-corrected chi connectivity index (χ1v) is 15.9. The number of hydrogen-bond donors (Lipinski definition) is 6. The van der Waals surface area contributed by atoms with Gasteiger partial charge in [0, 0.05) is 41.3 Å². The van der Waals surface area contributed by atoms with Gasteiger partial charge in [0.1, 0.15) is 29.1 Å². The molecule has 4 aromatic heterocycles. The number of aromatic nitrogens is 8. The normalized spacial score (nSPS) is 11.0. The molecule has 13 heteroatoms. The van der Waals surface area contributed by atoms with Gasteiger partial charge in [-0.25, -0.2) is 24.3 Å². The predicted octanol–water partition coefficient (Wildman–Crippen LogP) is 8.31. The highest BCUT2D eigenvalue weighted by molar-refractivity contribution is 5.70. The number of aromatic amines is 2. The van der Waals surface area contributed by atoms with Crippen LogP contribution in [0.25, 0.3) is 24.3 Å². The van der Waals surface area contributed by atoms with Gasteiger partial charge in [0.15, 0.2) is 23.3 Å². The van der Waals surface area contributed by atoms with Crippen molar-refractivity contribution in [2.75, 3.05) is 21.7 Å². The van der Waals surface area contributed by atoms with Gasteiger partial charge in [-0.2, -0.15) is 10.2 Å². The van der Waals surface area contributed by atoms with Gasteiger partial charge >= 0.3 is 0 Å². The second kappa shape index (κ2) is 16.3. The molecule has 0 saturated heterocycles. The number of nitrogen functional groups attached to an aromatic ring is 1. The van der Waals surface area contributed by atoms with Gasteiger partial charge in [-0.15, -0.1) is 0 Å². The van der Waals surface area contributed by atoms with Gasteiger partial charge in [-0.05, 0) is 61.4 Å². The molecule has 51 heavy (non-hydrogen) atoms. The first-order chi connectivity index (χ1) is 24.8. The maximum Gasteiger partial charge on any atom is 0.156 e. The lowest BCUT2D eigenvalue weighted by Gasteiger charge is -2.09. The Kier molecular flexibility index (Phi) is 10.8. The Morgan fingerprint density at radius 3 is 1.49 bits per heavy atom. The smallest absolute Gasteiger partial charge is 0.156 e. The first-order valence-electron chi connectivity index (χ1n) is 15.9. The molecule has 7 aromatic rings. The van der Waals surface area contributed by atoms with Crippen LogP contribution in [0.2, 0.25) is 0 Å². The summed E-state index contributed by atoms with van der Waals surface area (Å²) in [6, 6.07) is 33.2. The van der Waals surface area contributed by atoms with E-state index >= 15 is 0 Å². The molecule has 3 aromatic carbocycles. The second-order valence-electron chi connectivity index (χ2n) is 11.3. The number of anilines is 7. The Morgan fingerprint density at radius 1 is 0.529 bits per heavy atom. The summed E-state index contributed by atoms with van der Waals surface area (Å²) in [5, 5.41) is 23.5. The van der Waals surface area contributed by atoms with Crippen molar-refractivity contribution >= 4 is 64.9 Å². The summed E-state index contributed by atoms with van der Waals surface area (Å²) in [6.07, 6.45) is 7.55. The number of rotatable bonds is 10. The number of aryl methyl sites for hydroxylation is 2. The van der Waals surface area contributed by atoms with Gasteiger partial charge in [0.2, 0.25) is 0 Å². The number of nitrogens with two attached hydrogens (primary N) is 1. The third kappa shape index (κ3) is 10.4. The minimum absolute atomic E-state index is 0.291. The highest BCUT2D eigenvalue weighted by Crippen LogP contribution is 2.21. The fourth-order valence-corrected chi connectivity index (χ4v) is 4.67. The van der Waals surface area contributed by atoms with E-state index in [4.69, 9.17) is 5.73 Å². The van der Waals surface area contributed by atoms with Crippen molar-refractivity contribution in [2.45, 2.75) is 13.8 Å². The van der Waals surface area contributed by atoms with Crippen LogP contribution in [-0.2, 0) is 0 Å². The molecule has 0 radical (unpaired) electrons. The largest absolute Gasteiger partial charge is 0.384 e. The molecule has 0 aliphatic heterocycles. The summed E-state index contributed by atoms with van der Waals surface area (Å²) in [5.74, 6) is 4.29. The van der Waals surface area contributed by atoms with Crippen molar-refractivity contribution in [1.82, 2.24) is 40.3 Å². The zero-order valence-electron chi connectivity index (χ0n) is 27.8. The number of nitrogens with zero attached hydrogens (tertiary/aromatic N) is 6. The van der Waals surface area contributed by atoms with E-state index in [1.54, 1.807) is 24.3 Å². The molecular weight excluding hydrogens is 643 g/mol. The fraction of sp³-hybridized carbons (Fsp3) is 0.0526. The third-order valence-electron chi connectivity index (χ3n) is 7.00. The van der Waals surface area contributed by atoms with Gasteiger partial charge in [0.05, 0.1) is 0 Å². The Balaban J connectivity index is 0.000000183. The summed E-state index contributed by atoms with van der Waals surface area (Å²) in [6.45, 7) is 3.86. The highest BCUT2D eigenvalue weighted by Gasteiger charge is 2.07. The summed E-state index contributed by atoms with van der Waals surface area (Å²) in [7, 11) is 0. The second-order valence-corrected chi connectivity index (χ2v) is 11.3. The molecule has 0 aliphatic rings. The predicted molar refractivity (Wildman–Crippen MR) is 202 cm³/mol. The van der Waals surface area contributed by atoms with Crippen LogP contribution in [0.15, 0.2) is 109 Å². The topological polar surface area (TPSA) is 171 Å². The standard InChI is InChI=1S/C22H19FN6.C16H16N6/c1-15-13-22(29-28-15)27-21-14-20(24-18-10-8-17(23)9-11-18)25-19(26-21)12-7-16-5-3-2-4-6-16;1-11-9-16(22-21-11)20-15-10-13(17)18-14(19-15)8-7-12-5-3-2-4-6-12/h2-14H,1H3,(H3,24,25,26,27,28,29);2-10H,1H3,(H4,17,18,19,20,21,22)/b12-7+;8-7+. The van der Waals surface area contributed by atoms with Crippen LogP contribution in [0, 0.1) is 19.7 Å². The summed E-state index contributed by atoms with van der Waals surface area (Å²) >= 11 is 0. The molecule has 0 aliphatic carbocycles. The Hall–Kier alpha value is -7.15. The van der Waals surface area contributed by atoms with E-state index in [-0.39, 0.29) is 5.82 Å². The summed E-state index contributed by atoms with van der Waals surface area (Å²) < 4.78 is 13.2. The SMILES string of the molecule is Cc1cc(Nc2cc(N)nc(/C=C/c3ccccc3)n2)n[nH]1.Cc1cc(Nc2cc(Nc3ccc(F)cc3)nc(/C=C/c3ccccc3)n2)n[nH]1. The van der Waals surface area contributed by atoms with E-state index in [9.17, 15) is 4.39 Å². The molecule has 12 nitrogen and oxygen atoms in total. The first kappa shape index (κ1) is 33.7. The number of halogens is 1. The van der Waals surface area contributed by atoms with Crippen molar-refractivity contribution in [1.29, 1.82) is 0 Å². The molecule has 0 spiro atoms. The Labute approximate surface area is 293 Å². The van der Waals surface area contributed by atoms with Gasteiger partial charge in [-0.3, -0.25) is 10.2 Å². The zero-order valence-corrected chi connectivity index (χ0v) is 27.8. The van der Waals surface area contributed by atoms with Crippen LogP contribution >= 0.6 is 0 Å². The molecule has 254 valence electrons. The number of benzene rings is 3. The molecule has 0 atom stereocenters. The maximum atomic E-state index is 13.2. The fourth-order valence-electron chi connectivity index (χ4n) is 4.67. The monoisotopic (exact) mass is 678 g/mol. The average molecular weight is 679 g/mol. The van der Waals surface area contributed by atoms with Crippen LogP contribution in [0.3, 0.4) is 0 Å². The third-order valence-corrected chi connectivity index (χ3v) is 7.00. The van der Waals surface area contributed by atoms with E-state index in [0.29, 0.717) is 46.6 Å².